The Balaban J connectivity index is 3.71. The number of methoxy groups -OCH3 is 1. The second kappa shape index (κ2) is 7.78. The zero-order valence-corrected chi connectivity index (χ0v) is 10.2. The Hall–Kier alpha value is -0.430. The molecule has 0 saturated heterocycles. The molecule has 0 N–H and O–H groups in total. The molecule has 0 unspecified atom stereocenters. The molecule has 0 heterocycles. The van der Waals surface area contributed by atoms with Crippen molar-refractivity contribution in [2.45, 2.75) is 18.9 Å². The lowest BCUT2D eigenvalue weighted by Crippen LogP contribution is -2.29. The first kappa shape index (κ1) is 15.6. The first-order valence-corrected chi connectivity index (χ1v) is 5.87. The van der Waals surface area contributed by atoms with Crippen LogP contribution in [0.4, 0.5) is 13.2 Å². The molecule has 16 heavy (non-hydrogen) atoms. The van der Waals surface area contributed by atoms with E-state index >= 15 is 0 Å². The summed E-state index contributed by atoms with van der Waals surface area (Å²) in [6.45, 7) is 3.21. The second-order valence-corrected chi connectivity index (χ2v) is 4.21. The van der Waals surface area contributed by atoms with E-state index in [0.717, 1.165) is 0 Å². The Morgan fingerprint density at radius 1 is 1.38 bits per heavy atom. The average Bonchev–Trinajstić information content (AvgIpc) is 2.20. The number of esters is 1. The largest absolute Gasteiger partial charge is 0.469 e. The number of rotatable bonds is 7. The van der Waals surface area contributed by atoms with Crippen molar-refractivity contribution >= 4 is 17.7 Å². The van der Waals surface area contributed by atoms with E-state index in [0.29, 0.717) is 19.6 Å². The topological polar surface area (TPSA) is 29.5 Å². The van der Waals surface area contributed by atoms with Crippen molar-refractivity contribution in [3.05, 3.63) is 0 Å². The molecule has 0 spiro atoms. The van der Waals surface area contributed by atoms with Crippen LogP contribution in [0.3, 0.4) is 0 Å². The third kappa shape index (κ3) is 8.84. The molecule has 0 aromatic rings. The van der Waals surface area contributed by atoms with Crippen LogP contribution in [0, 0.1) is 0 Å². The predicted molar refractivity (Wildman–Crippen MR) is 57.3 cm³/mol. The van der Waals surface area contributed by atoms with Crippen molar-refractivity contribution in [3.8, 4) is 0 Å². The van der Waals surface area contributed by atoms with Gasteiger partial charge in [-0.15, -0.1) is 0 Å². The first-order valence-electron chi connectivity index (χ1n) is 4.89. The van der Waals surface area contributed by atoms with Crippen LogP contribution in [0.5, 0.6) is 0 Å². The van der Waals surface area contributed by atoms with Gasteiger partial charge in [-0.1, -0.05) is 6.92 Å². The van der Waals surface area contributed by atoms with Gasteiger partial charge < -0.3 is 9.64 Å². The molecule has 0 bridgehead atoms. The number of alkyl halides is 3. The van der Waals surface area contributed by atoms with Crippen molar-refractivity contribution in [2.24, 2.45) is 0 Å². The van der Waals surface area contributed by atoms with E-state index in [1.807, 2.05) is 6.92 Å². The minimum atomic E-state index is -4.18. The number of ether oxygens (including phenoxy) is 1. The Morgan fingerprint density at radius 2 is 2.00 bits per heavy atom. The smallest absolute Gasteiger partial charge is 0.441 e. The van der Waals surface area contributed by atoms with Crippen molar-refractivity contribution in [1.82, 2.24) is 4.90 Å². The van der Waals surface area contributed by atoms with Gasteiger partial charge in [0, 0.05) is 18.8 Å². The van der Waals surface area contributed by atoms with Crippen LogP contribution >= 0.6 is 11.8 Å². The third-order valence-corrected chi connectivity index (χ3v) is 2.69. The van der Waals surface area contributed by atoms with Gasteiger partial charge in [0.1, 0.15) is 0 Å². The molecule has 7 heteroatoms. The highest BCUT2D eigenvalue weighted by Crippen LogP contribution is 2.29. The van der Waals surface area contributed by atoms with Crippen LogP contribution in [0.15, 0.2) is 0 Å². The maximum atomic E-state index is 11.8. The fraction of sp³-hybridized carbons (Fsp3) is 0.889. The van der Waals surface area contributed by atoms with Gasteiger partial charge in [-0.25, -0.2) is 0 Å². The van der Waals surface area contributed by atoms with Crippen molar-refractivity contribution in [2.75, 3.05) is 32.5 Å². The summed E-state index contributed by atoms with van der Waals surface area (Å²) in [5.41, 5.74) is -4.18. The van der Waals surface area contributed by atoms with Crippen molar-refractivity contribution < 1.29 is 22.7 Å². The summed E-state index contributed by atoms with van der Waals surface area (Å²) in [6, 6.07) is 0. The highest BCUT2D eigenvalue weighted by Gasteiger charge is 2.27. The Morgan fingerprint density at radius 3 is 2.44 bits per heavy atom. The minimum Gasteiger partial charge on any atom is -0.469 e. The molecule has 0 aromatic heterocycles. The molecular weight excluding hydrogens is 243 g/mol. The number of carbonyl (C=O) groups excluding carboxylic acids is 1. The summed E-state index contributed by atoms with van der Waals surface area (Å²) >= 11 is -0.0406. The Bertz CT molecular complexity index is 211. The second-order valence-electron chi connectivity index (χ2n) is 3.05. The number of thioether (sulfide) groups is 1. The summed E-state index contributed by atoms with van der Waals surface area (Å²) in [5, 5.41) is 0. The summed E-state index contributed by atoms with van der Waals surface area (Å²) in [4.78, 5) is 12.6. The summed E-state index contributed by atoms with van der Waals surface area (Å²) in [6.07, 6.45) is 0.209. The van der Waals surface area contributed by atoms with Gasteiger partial charge in [0.2, 0.25) is 0 Å². The Kier molecular flexibility index (Phi) is 7.57. The van der Waals surface area contributed by atoms with Gasteiger partial charge in [-0.3, -0.25) is 4.79 Å². The molecule has 0 aliphatic heterocycles. The van der Waals surface area contributed by atoms with Gasteiger partial charge >= 0.3 is 11.5 Å². The average molecular weight is 259 g/mol. The molecule has 0 aliphatic rings. The number of nitrogens with zero attached hydrogens (tertiary/aromatic N) is 1. The van der Waals surface area contributed by atoms with Crippen LogP contribution in [-0.2, 0) is 9.53 Å². The molecule has 0 saturated carbocycles. The van der Waals surface area contributed by atoms with Gasteiger partial charge in [0.05, 0.1) is 13.5 Å². The summed E-state index contributed by atoms with van der Waals surface area (Å²) in [5.74, 6) is -0.361. The molecule has 3 nitrogen and oxygen atoms in total. The SMILES string of the molecule is CCN(CCSC(F)(F)F)CCC(=O)OC. The van der Waals surface area contributed by atoms with E-state index in [4.69, 9.17) is 0 Å². The molecule has 0 rings (SSSR count). The quantitative estimate of drug-likeness (QED) is 0.655. The fourth-order valence-corrected chi connectivity index (χ4v) is 1.65. The maximum Gasteiger partial charge on any atom is 0.441 e. The van der Waals surface area contributed by atoms with Gasteiger partial charge in [0.25, 0.3) is 0 Å². The number of halogens is 3. The standard InChI is InChI=1S/C9H16F3NO2S/c1-3-13(5-4-8(14)15-2)6-7-16-9(10,11)12/h3-7H2,1-2H3. The van der Waals surface area contributed by atoms with Gasteiger partial charge in [-0.2, -0.15) is 13.2 Å². The van der Waals surface area contributed by atoms with E-state index < -0.39 is 5.51 Å². The van der Waals surface area contributed by atoms with E-state index in [2.05, 4.69) is 4.74 Å². The summed E-state index contributed by atoms with van der Waals surface area (Å²) < 4.78 is 40.0. The van der Waals surface area contributed by atoms with Crippen LogP contribution in [0.2, 0.25) is 0 Å². The van der Waals surface area contributed by atoms with E-state index in [9.17, 15) is 18.0 Å². The molecule has 0 aromatic carbocycles. The molecule has 96 valence electrons. The molecule has 0 atom stereocenters. The van der Waals surface area contributed by atoms with Crippen LogP contribution in [-0.4, -0.2) is 48.9 Å². The van der Waals surface area contributed by atoms with Crippen LogP contribution in [0.1, 0.15) is 13.3 Å². The van der Waals surface area contributed by atoms with Gasteiger partial charge in [0.15, 0.2) is 0 Å². The predicted octanol–water partition coefficient (Wildman–Crippen LogP) is 2.12. The first-order chi connectivity index (χ1) is 7.39. The summed E-state index contributed by atoms with van der Waals surface area (Å²) in [7, 11) is 1.29. The highest BCUT2D eigenvalue weighted by molar-refractivity contribution is 8.00. The normalized spacial score (nSPS) is 11.9. The molecule has 0 amide bonds. The third-order valence-electron chi connectivity index (χ3n) is 1.98. The lowest BCUT2D eigenvalue weighted by molar-refractivity contribution is -0.140. The minimum absolute atomic E-state index is 0.0154. The number of hydrogen-bond acceptors (Lipinski definition) is 4. The lowest BCUT2D eigenvalue weighted by atomic mass is 10.4. The van der Waals surface area contributed by atoms with Crippen molar-refractivity contribution in [1.29, 1.82) is 0 Å². The maximum absolute atomic E-state index is 11.8. The van der Waals surface area contributed by atoms with Crippen molar-refractivity contribution in [3.63, 3.8) is 0 Å². The lowest BCUT2D eigenvalue weighted by Gasteiger charge is -2.19. The fourth-order valence-electron chi connectivity index (χ4n) is 1.07. The van der Waals surface area contributed by atoms with Gasteiger partial charge in [-0.05, 0) is 18.3 Å². The van der Waals surface area contributed by atoms with E-state index in [1.165, 1.54) is 7.11 Å². The molecular formula is C9H16F3NO2S. The monoisotopic (exact) mass is 259 g/mol. The Labute approximate surface area is 97.3 Å². The zero-order valence-electron chi connectivity index (χ0n) is 9.34. The van der Waals surface area contributed by atoms with Crippen LogP contribution < -0.4 is 0 Å². The number of hydrogen-bond donors (Lipinski definition) is 0. The van der Waals surface area contributed by atoms with E-state index in [1.54, 1.807) is 4.90 Å². The van der Waals surface area contributed by atoms with E-state index in [-0.39, 0.29) is 29.9 Å². The molecule has 0 fully saturated rings. The van der Waals surface area contributed by atoms with Crippen LogP contribution in [0.25, 0.3) is 0 Å². The zero-order chi connectivity index (χ0) is 12.6. The molecule has 0 aliphatic carbocycles. The molecule has 0 radical (unpaired) electrons. The highest BCUT2D eigenvalue weighted by atomic mass is 32.2. The number of carbonyl (C=O) groups is 1.